The van der Waals surface area contributed by atoms with Crippen molar-refractivity contribution in [1.82, 2.24) is 15.1 Å². The van der Waals surface area contributed by atoms with Gasteiger partial charge in [-0.1, -0.05) is 29.0 Å². The highest BCUT2D eigenvalue weighted by molar-refractivity contribution is 7.15. The molecule has 202 valence electrons. The fourth-order valence-corrected chi connectivity index (χ4v) is 4.46. The van der Waals surface area contributed by atoms with Gasteiger partial charge in [0.2, 0.25) is 5.13 Å². The number of aromatic nitrogens is 2. The summed E-state index contributed by atoms with van der Waals surface area (Å²) in [4.78, 5) is 26.8. The Morgan fingerprint density at radius 2 is 1.87 bits per heavy atom. The van der Waals surface area contributed by atoms with Crippen molar-refractivity contribution < 1.29 is 32.2 Å². The first kappa shape index (κ1) is 27.6. The van der Waals surface area contributed by atoms with Crippen LogP contribution in [0.1, 0.15) is 52.8 Å². The maximum atomic E-state index is 12.9. The van der Waals surface area contributed by atoms with Gasteiger partial charge in [-0.25, -0.2) is 4.79 Å². The van der Waals surface area contributed by atoms with Crippen LogP contribution in [0.4, 0.5) is 23.1 Å². The minimum atomic E-state index is -4.53. The molecule has 1 N–H and O–H groups in total. The molecule has 0 radical (unpaired) electrons. The number of ether oxygens (including phenoxy) is 2. The molecule has 1 aromatic heterocycles. The molecule has 0 spiro atoms. The number of nitrogens with one attached hydrogen (secondary N) is 1. The van der Waals surface area contributed by atoms with Crippen LogP contribution in [0.25, 0.3) is 0 Å². The lowest BCUT2D eigenvalue weighted by Crippen LogP contribution is -2.39. The highest BCUT2D eigenvalue weighted by Gasteiger charge is 2.31. The summed E-state index contributed by atoms with van der Waals surface area (Å²) < 4.78 is 49.7. The van der Waals surface area contributed by atoms with E-state index in [0.29, 0.717) is 30.1 Å². The van der Waals surface area contributed by atoms with Gasteiger partial charge < -0.3 is 14.4 Å². The van der Waals surface area contributed by atoms with Crippen molar-refractivity contribution in [2.24, 2.45) is 0 Å². The molecule has 2 heterocycles. The van der Waals surface area contributed by atoms with Crippen molar-refractivity contribution in [2.75, 3.05) is 11.9 Å². The Kier molecular flexibility index (Phi) is 7.84. The van der Waals surface area contributed by atoms with Crippen LogP contribution in [0.3, 0.4) is 0 Å². The number of amides is 2. The molecule has 8 nitrogen and oxygen atoms in total. The first-order valence-corrected chi connectivity index (χ1v) is 12.7. The molecular formula is C25H24ClF3N4O4S. The number of rotatable bonds is 5. The Labute approximate surface area is 225 Å². The van der Waals surface area contributed by atoms with Crippen molar-refractivity contribution in [3.05, 3.63) is 68.7 Å². The highest BCUT2D eigenvalue weighted by Crippen LogP contribution is 2.35. The Morgan fingerprint density at radius 1 is 1.11 bits per heavy atom. The van der Waals surface area contributed by atoms with Crippen LogP contribution in [0.5, 0.6) is 5.75 Å². The Bertz CT molecular complexity index is 1360. The number of alkyl halides is 3. The lowest BCUT2D eigenvalue weighted by atomic mass is 9.97. The minimum absolute atomic E-state index is 0.0256. The largest absolute Gasteiger partial charge is 0.485 e. The number of carbonyl (C=O) groups is 2. The van der Waals surface area contributed by atoms with E-state index < -0.39 is 23.2 Å². The second-order valence-corrected chi connectivity index (χ2v) is 11.0. The van der Waals surface area contributed by atoms with Gasteiger partial charge in [-0.2, -0.15) is 13.2 Å². The van der Waals surface area contributed by atoms with Gasteiger partial charge in [-0.3, -0.25) is 10.1 Å². The summed E-state index contributed by atoms with van der Waals surface area (Å²) in [5.74, 6) is -0.534. The topological polar surface area (TPSA) is 93.7 Å². The van der Waals surface area contributed by atoms with E-state index in [-0.39, 0.29) is 28.6 Å². The fourth-order valence-electron chi connectivity index (χ4n) is 3.64. The van der Waals surface area contributed by atoms with Gasteiger partial charge in [-0.05, 0) is 68.7 Å². The van der Waals surface area contributed by atoms with Gasteiger partial charge in [0.05, 0.1) is 10.6 Å². The molecule has 0 aliphatic carbocycles. The SMILES string of the molecule is CC(C)(C)OC(=O)N1CCc2cc(C(=O)Nc3nnc(COc4cc(C(F)(F)F)ccc4Cl)s3)ccc2C1. The maximum absolute atomic E-state index is 12.9. The predicted molar refractivity (Wildman–Crippen MR) is 135 cm³/mol. The van der Waals surface area contributed by atoms with Crippen LogP contribution < -0.4 is 10.1 Å². The summed E-state index contributed by atoms with van der Waals surface area (Å²) in [7, 11) is 0. The van der Waals surface area contributed by atoms with Crippen molar-refractivity contribution >= 4 is 40.1 Å². The minimum Gasteiger partial charge on any atom is -0.485 e. The van der Waals surface area contributed by atoms with E-state index in [1.54, 1.807) is 23.1 Å². The third-order valence-corrected chi connectivity index (χ3v) is 6.55. The van der Waals surface area contributed by atoms with Crippen LogP contribution >= 0.6 is 22.9 Å². The average Bonchev–Trinajstić information content (AvgIpc) is 3.28. The lowest BCUT2D eigenvalue weighted by molar-refractivity contribution is -0.137. The normalized spacial score (nSPS) is 13.6. The monoisotopic (exact) mass is 568 g/mol. The fraction of sp³-hybridized carbons (Fsp3) is 0.360. The molecule has 0 fully saturated rings. The molecule has 4 rings (SSSR count). The maximum Gasteiger partial charge on any atom is 0.416 e. The molecule has 2 amide bonds. The molecule has 3 aromatic rings. The molecule has 0 unspecified atom stereocenters. The molecule has 38 heavy (non-hydrogen) atoms. The van der Waals surface area contributed by atoms with Gasteiger partial charge in [-0.15, -0.1) is 10.2 Å². The molecule has 2 aromatic carbocycles. The highest BCUT2D eigenvalue weighted by atomic mass is 35.5. The number of anilines is 1. The Hall–Kier alpha value is -3.38. The first-order chi connectivity index (χ1) is 17.8. The second kappa shape index (κ2) is 10.8. The van der Waals surface area contributed by atoms with E-state index in [1.807, 2.05) is 20.8 Å². The molecule has 0 atom stereocenters. The number of carbonyl (C=O) groups excluding carboxylic acids is 2. The van der Waals surface area contributed by atoms with E-state index in [4.69, 9.17) is 21.1 Å². The van der Waals surface area contributed by atoms with Crippen LogP contribution in [-0.2, 0) is 30.5 Å². The number of halogens is 4. The summed E-state index contributed by atoms with van der Waals surface area (Å²) in [6.07, 6.45) is -4.33. The number of hydrogen-bond donors (Lipinski definition) is 1. The van der Waals surface area contributed by atoms with Gasteiger partial charge in [0.15, 0.2) is 5.01 Å². The number of hydrogen-bond acceptors (Lipinski definition) is 7. The molecular weight excluding hydrogens is 545 g/mol. The summed E-state index contributed by atoms with van der Waals surface area (Å²) in [6.45, 7) is 6.13. The smallest absolute Gasteiger partial charge is 0.416 e. The Balaban J connectivity index is 1.35. The van der Waals surface area contributed by atoms with Gasteiger partial charge in [0, 0.05) is 18.7 Å². The molecule has 1 aliphatic rings. The summed E-state index contributed by atoms with van der Waals surface area (Å²) >= 11 is 6.97. The third kappa shape index (κ3) is 6.93. The van der Waals surface area contributed by atoms with Gasteiger partial charge >= 0.3 is 12.3 Å². The van der Waals surface area contributed by atoms with Crippen LogP contribution in [-0.4, -0.2) is 39.2 Å². The van der Waals surface area contributed by atoms with E-state index in [0.717, 1.165) is 40.7 Å². The summed E-state index contributed by atoms with van der Waals surface area (Å²) in [6, 6.07) is 8.03. The third-order valence-electron chi connectivity index (χ3n) is 5.43. The van der Waals surface area contributed by atoms with Crippen molar-refractivity contribution in [3.8, 4) is 5.75 Å². The van der Waals surface area contributed by atoms with Crippen LogP contribution in [0.2, 0.25) is 5.02 Å². The predicted octanol–water partition coefficient (Wildman–Crippen LogP) is 6.33. The van der Waals surface area contributed by atoms with E-state index in [9.17, 15) is 22.8 Å². The van der Waals surface area contributed by atoms with E-state index in [1.165, 1.54) is 0 Å². The lowest BCUT2D eigenvalue weighted by Gasteiger charge is -2.31. The summed E-state index contributed by atoms with van der Waals surface area (Å²) in [5.41, 5.74) is 0.841. The van der Waals surface area contributed by atoms with Crippen LogP contribution in [0, 0.1) is 0 Å². The molecule has 0 saturated carbocycles. The van der Waals surface area contributed by atoms with Crippen molar-refractivity contribution in [3.63, 3.8) is 0 Å². The van der Waals surface area contributed by atoms with Crippen LogP contribution in [0.15, 0.2) is 36.4 Å². The standard InChI is InChI=1S/C25H24ClF3N4O4S/c1-24(2,3)37-23(35)33-9-8-14-10-15(4-5-16(14)12-33)21(34)30-22-32-31-20(38-22)13-36-19-11-17(25(27,28)29)6-7-18(19)26/h4-7,10-11H,8-9,12-13H2,1-3H3,(H,30,32,34). The molecule has 1 aliphatic heterocycles. The molecule has 0 saturated heterocycles. The average molecular weight is 569 g/mol. The van der Waals surface area contributed by atoms with E-state index in [2.05, 4.69) is 15.5 Å². The zero-order valence-corrected chi connectivity index (χ0v) is 22.3. The Morgan fingerprint density at radius 3 is 2.58 bits per heavy atom. The number of nitrogens with zero attached hydrogens (tertiary/aromatic N) is 3. The zero-order chi connectivity index (χ0) is 27.7. The van der Waals surface area contributed by atoms with Crippen molar-refractivity contribution in [1.29, 1.82) is 0 Å². The first-order valence-electron chi connectivity index (χ1n) is 11.5. The second-order valence-electron chi connectivity index (χ2n) is 9.52. The van der Waals surface area contributed by atoms with Crippen molar-refractivity contribution in [2.45, 2.75) is 52.1 Å². The molecule has 13 heteroatoms. The summed E-state index contributed by atoms with van der Waals surface area (Å²) in [5, 5.41) is 11.1. The molecule has 0 bridgehead atoms. The van der Waals surface area contributed by atoms with Gasteiger partial charge in [0.25, 0.3) is 5.91 Å². The number of fused-ring (bicyclic) bond motifs is 1. The van der Waals surface area contributed by atoms with E-state index >= 15 is 0 Å². The quantitative estimate of drug-likeness (QED) is 0.386. The van der Waals surface area contributed by atoms with Gasteiger partial charge in [0.1, 0.15) is 18.0 Å². The number of benzene rings is 2. The zero-order valence-electron chi connectivity index (χ0n) is 20.7.